The smallest absolute Gasteiger partial charge is 0.243 e. The van der Waals surface area contributed by atoms with Crippen LogP contribution in [0.1, 0.15) is 17.0 Å². The Bertz CT molecular complexity index is 938. The van der Waals surface area contributed by atoms with Crippen LogP contribution in [0.3, 0.4) is 0 Å². The zero-order valence-electron chi connectivity index (χ0n) is 15.3. The Labute approximate surface area is 158 Å². The van der Waals surface area contributed by atoms with Gasteiger partial charge in [0.25, 0.3) is 0 Å². The highest BCUT2D eigenvalue weighted by Crippen LogP contribution is 2.28. The minimum Gasteiger partial charge on any atom is -0.379 e. The summed E-state index contributed by atoms with van der Waals surface area (Å²) in [7, 11) is -1.84. The summed E-state index contributed by atoms with van der Waals surface area (Å²) in [6, 6.07) is 5.18. The van der Waals surface area contributed by atoms with Gasteiger partial charge in [-0.2, -0.15) is 9.40 Å². The van der Waals surface area contributed by atoms with E-state index >= 15 is 0 Å². The lowest BCUT2D eigenvalue weighted by Crippen LogP contribution is -2.38. The molecule has 0 radical (unpaired) electrons. The second-order valence-electron chi connectivity index (χ2n) is 6.93. The van der Waals surface area contributed by atoms with Gasteiger partial charge in [-0.15, -0.1) is 0 Å². The second-order valence-corrected chi connectivity index (χ2v) is 8.87. The van der Waals surface area contributed by atoms with Crippen molar-refractivity contribution >= 4 is 10.0 Å². The SMILES string of the molecule is Cn1nc(CN2CCOCC2)c2c1CCN(S(=O)(=O)c1cccc(F)c1)C2. The summed E-state index contributed by atoms with van der Waals surface area (Å²) in [6.45, 7) is 4.40. The molecule has 2 aliphatic rings. The number of halogens is 1. The van der Waals surface area contributed by atoms with Crippen LogP contribution in [0.25, 0.3) is 0 Å². The lowest BCUT2D eigenvalue weighted by atomic mass is 10.1. The van der Waals surface area contributed by atoms with Crippen LogP contribution in [0.15, 0.2) is 29.2 Å². The maximum atomic E-state index is 13.5. The summed E-state index contributed by atoms with van der Waals surface area (Å²) in [5.41, 5.74) is 2.95. The summed E-state index contributed by atoms with van der Waals surface area (Å²) in [4.78, 5) is 2.26. The molecule has 0 amide bonds. The van der Waals surface area contributed by atoms with E-state index in [9.17, 15) is 12.8 Å². The average Bonchev–Trinajstić information content (AvgIpc) is 2.98. The molecule has 0 spiro atoms. The Balaban J connectivity index is 1.60. The molecule has 1 aromatic heterocycles. The molecule has 1 fully saturated rings. The summed E-state index contributed by atoms with van der Waals surface area (Å²) in [5.74, 6) is -0.553. The monoisotopic (exact) mass is 394 g/mol. The molecule has 0 saturated carbocycles. The third-order valence-corrected chi connectivity index (χ3v) is 7.04. The predicted octanol–water partition coefficient (Wildman–Crippen LogP) is 1.14. The minimum absolute atomic E-state index is 0.00966. The number of aromatic nitrogens is 2. The zero-order chi connectivity index (χ0) is 19.0. The second kappa shape index (κ2) is 7.31. The van der Waals surface area contributed by atoms with Crippen molar-refractivity contribution in [3.63, 3.8) is 0 Å². The van der Waals surface area contributed by atoms with Gasteiger partial charge in [-0.1, -0.05) is 6.07 Å². The molecule has 3 heterocycles. The van der Waals surface area contributed by atoms with E-state index in [0.29, 0.717) is 32.7 Å². The number of rotatable bonds is 4. The van der Waals surface area contributed by atoms with Crippen molar-refractivity contribution in [2.75, 3.05) is 32.8 Å². The number of benzene rings is 1. The molecule has 0 N–H and O–H groups in total. The van der Waals surface area contributed by atoms with E-state index < -0.39 is 15.8 Å². The summed E-state index contributed by atoms with van der Waals surface area (Å²) < 4.78 is 48.1. The number of hydrogen-bond acceptors (Lipinski definition) is 5. The third kappa shape index (κ3) is 3.64. The molecule has 2 aliphatic heterocycles. The Kier molecular flexibility index (Phi) is 5.02. The van der Waals surface area contributed by atoms with Gasteiger partial charge in [0.2, 0.25) is 10.0 Å². The maximum Gasteiger partial charge on any atom is 0.243 e. The highest BCUT2D eigenvalue weighted by molar-refractivity contribution is 7.89. The topological polar surface area (TPSA) is 67.7 Å². The van der Waals surface area contributed by atoms with Gasteiger partial charge in [-0.05, 0) is 18.2 Å². The third-order valence-electron chi connectivity index (χ3n) is 5.20. The van der Waals surface area contributed by atoms with E-state index in [4.69, 9.17) is 4.74 Å². The first kappa shape index (κ1) is 18.5. The number of fused-ring (bicyclic) bond motifs is 1. The van der Waals surface area contributed by atoms with Gasteiger partial charge in [-0.25, -0.2) is 12.8 Å². The number of sulfonamides is 1. The fourth-order valence-electron chi connectivity index (χ4n) is 3.72. The van der Waals surface area contributed by atoms with Crippen molar-refractivity contribution in [1.82, 2.24) is 19.0 Å². The maximum absolute atomic E-state index is 13.5. The fourth-order valence-corrected chi connectivity index (χ4v) is 5.17. The van der Waals surface area contributed by atoms with Gasteiger partial charge >= 0.3 is 0 Å². The van der Waals surface area contributed by atoms with E-state index in [0.717, 1.165) is 36.1 Å². The van der Waals surface area contributed by atoms with Gasteiger partial charge in [0.1, 0.15) is 5.82 Å². The van der Waals surface area contributed by atoms with Gasteiger partial charge in [0.05, 0.1) is 23.8 Å². The lowest BCUT2D eigenvalue weighted by Gasteiger charge is -2.29. The Hall–Kier alpha value is -1.81. The summed E-state index contributed by atoms with van der Waals surface area (Å²) in [5, 5.41) is 4.64. The molecule has 146 valence electrons. The Morgan fingerprint density at radius 2 is 2.00 bits per heavy atom. The highest BCUT2D eigenvalue weighted by Gasteiger charge is 2.32. The van der Waals surface area contributed by atoms with Crippen LogP contribution in [0.2, 0.25) is 0 Å². The molecular weight excluding hydrogens is 371 g/mol. The van der Waals surface area contributed by atoms with Crippen molar-refractivity contribution in [2.45, 2.75) is 24.4 Å². The first-order chi connectivity index (χ1) is 12.9. The number of nitrogens with zero attached hydrogens (tertiary/aromatic N) is 4. The van der Waals surface area contributed by atoms with Gasteiger partial charge in [-0.3, -0.25) is 9.58 Å². The van der Waals surface area contributed by atoms with E-state index in [1.807, 2.05) is 11.7 Å². The fraction of sp³-hybridized carbons (Fsp3) is 0.500. The molecule has 9 heteroatoms. The van der Waals surface area contributed by atoms with Crippen molar-refractivity contribution in [3.05, 3.63) is 47.0 Å². The van der Waals surface area contributed by atoms with Gasteiger partial charge in [0, 0.05) is 57.4 Å². The average molecular weight is 394 g/mol. The van der Waals surface area contributed by atoms with E-state index in [-0.39, 0.29) is 11.4 Å². The number of ether oxygens (including phenoxy) is 1. The Morgan fingerprint density at radius 3 is 2.74 bits per heavy atom. The molecule has 0 unspecified atom stereocenters. The molecule has 0 bridgehead atoms. The molecule has 1 saturated heterocycles. The molecular formula is C18H23FN4O3S. The number of morpholine rings is 1. The van der Waals surface area contributed by atoms with Crippen molar-refractivity contribution in [2.24, 2.45) is 7.05 Å². The van der Waals surface area contributed by atoms with Crippen LogP contribution < -0.4 is 0 Å². The van der Waals surface area contributed by atoms with Crippen LogP contribution in [0.5, 0.6) is 0 Å². The number of hydrogen-bond donors (Lipinski definition) is 0. The first-order valence-electron chi connectivity index (χ1n) is 9.04. The van der Waals surface area contributed by atoms with Crippen LogP contribution in [-0.4, -0.2) is 60.3 Å². The van der Waals surface area contributed by atoms with Crippen molar-refractivity contribution in [3.8, 4) is 0 Å². The van der Waals surface area contributed by atoms with Crippen molar-refractivity contribution in [1.29, 1.82) is 0 Å². The van der Waals surface area contributed by atoms with Crippen LogP contribution in [0.4, 0.5) is 4.39 Å². The normalized spacial score (nSPS) is 19.2. The lowest BCUT2D eigenvalue weighted by molar-refractivity contribution is 0.0334. The highest BCUT2D eigenvalue weighted by atomic mass is 32.2. The molecule has 4 rings (SSSR count). The van der Waals surface area contributed by atoms with Crippen LogP contribution in [0, 0.1) is 5.82 Å². The van der Waals surface area contributed by atoms with E-state index in [2.05, 4.69) is 10.00 Å². The molecule has 2 aromatic rings. The van der Waals surface area contributed by atoms with Crippen molar-refractivity contribution < 1.29 is 17.5 Å². The largest absolute Gasteiger partial charge is 0.379 e. The zero-order valence-corrected chi connectivity index (χ0v) is 16.1. The van der Waals surface area contributed by atoms with Gasteiger partial charge < -0.3 is 4.74 Å². The van der Waals surface area contributed by atoms with E-state index in [1.165, 1.54) is 22.5 Å². The quantitative estimate of drug-likeness (QED) is 0.778. The molecule has 0 atom stereocenters. The van der Waals surface area contributed by atoms with Gasteiger partial charge in [0.15, 0.2) is 0 Å². The Morgan fingerprint density at radius 1 is 1.22 bits per heavy atom. The standard InChI is InChI=1S/C18H23FN4O3S/c1-21-18-5-6-23(27(24,25)15-4-2-3-14(19)11-15)12-16(18)17(20-21)13-22-7-9-26-10-8-22/h2-4,11H,5-10,12-13H2,1H3. The van der Waals surface area contributed by atoms with Crippen LogP contribution >= 0.6 is 0 Å². The first-order valence-corrected chi connectivity index (χ1v) is 10.5. The molecule has 1 aromatic carbocycles. The van der Waals surface area contributed by atoms with E-state index in [1.54, 1.807) is 0 Å². The summed E-state index contributed by atoms with van der Waals surface area (Å²) in [6.07, 6.45) is 0.594. The number of aryl methyl sites for hydroxylation is 1. The molecule has 0 aliphatic carbocycles. The minimum atomic E-state index is -3.75. The van der Waals surface area contributed by atoms with Crippen LogP contribution in [-0.2, 0) is 41.3 Å². The molecule has 7 nitrogen and oxygen atoms in total. The summed E-state index contributed by atoms with van der Waals surface area (Å²) >= 11 is 0. The molecule has 27 heavy (non-hydrogen) atoms. The predicted molar refractivity (Wildman–Crippen MR) is 97.0 cm³/mol.